The number of thiophene rings is 1. The number of hydrogen-bond acceptors (Lipinski definition) is 3. The van der Waals surface area contributed by atoms with Crippen LogP contribution in [0.2, 0.25) is 0 Å². The Kier molecular flexibility index (Phi) is 4.12. The van der Waals surface area contributed by atoms with Gasteiger partial charge in [0.1, 0.15) is 0 Å². The van der Waals surface area contributed by atoms with Crippen molar-refractivity contribution in [2.75, 3.05) is 0 Å². The fraction of sp³-hybridized carbons (Fsp3) is 0.200. The van der Waals surface area contributed by atoms with Crippen LogP contribution in [-0.4, -0.2) is 16.9 Å². The molecule has 0 amide bonds. The van der Waals surface area contributed by atoms with Crippen LogP contribution in [0.3, 0.4) is 0 Å². The molecule has 19 heavy (non-hydrogen) atoms. The van der Waals surface area contributed by atoms with E-state index in [1.807, 2.05) is 18.4 Å². The Hall–Kier alpha value is -1.94. The van der Waals surface area contributed by atoms with Gasteiger partial charge in [-0.1, -0.05) is 37.3 Å². The summed E-state index contributed by atoms with van der Waals surface area (Å²) in [5, 5.41) is 11.0. The van der Waals surface area contributed by atoms with E-state index in [0.29, 0.717) is 16.9 Å². The Bertz CT molecular complexity index is 570. The minimum Gasteiger partial charge on any atom is -0.481 e. The number of benzene rings is 1. The second-order valence-electron chi connectivity index (χ2n) is 4.23. The van der Waals surface area contributed by atoms with Gasteiger partial charge in [0.05, 0.1) is 10.8 Å². The third-order valence-corrected chi connectivity index (χ3v) is 3.90. The molecule has 0 aliphatic heterocycles. The molecule has 1 aromatic heterocycles. The third-order valence-electron chi connectivity index (χ3n) is 3.03. The third kappa shape index (κ3) is 2.90. The summed E-state index contributed by atoms with van der Waals surface area (Å²) in [5.74, 6) is -1.37. The van der Waals surface area contributed by atoms with Gasteiger partial charge in [0.2, 0.25) is 5.78 Å². The number of rotatable bonds is 5. The predicted octanol–water partition coefficient (Wildman–Crippen LogP) is 3.56. The van der Waals surface area contributed by atoms with Crippen LogP contribution in [0.4, 0.5) is 0 Å². The summed E-state index contributed by atoms with van der Waals surface area (Å²) in [4.78, 5) is 23.8. The van der Waals surface area contributed by atoms with Crippen LogP contribution in [0.15, 0.2) is 41.8 Å². The predicted molar refractivity (Wildman–Crippen MR) is 74.9 cm³/mol. The van der Waals surface area contributed by atoms with Gasteiger partial charge in [0.25, 0.3) is 0 Å². The second-order valence-corrected chi connectivity index (χ2v) is 5.18. The van der Waals surface area contributed by atoms with E-state index in [1.165, 1.54) is 11.3 Å². The van der Waals surface area contributed by atoms with Gasteiger partial charge in [0.15, 0.2) is 0 Å². The van der Waals surface area contributed by atoms with E-state index < -0.39 is 11.9 Å². The number of carbonyl (C=O) groups excluding carboxylic acids is 1. The summed E-state index contributed by atoms with van der Waals surface area (Å²) < 4.78 is 0. The van der Waals surface area contributed by atoms with Gasteiger partial charge in [-0.15, -0.1) is 11.3 Å². The largest absolute Gasteiger partial charge is 0.481 e. The van der Waals surface area contributed by atoms with Gasteiger partial charge in [0, 0.05) is 5.56 Å². The van der Waals surface area contributed by atoms with Gasteiger partial charge in [-0.3, -0.25) is 9.59 Å². The lowest BCUT2D eigenvalue weighted by atomic mass is 9.95. The van der Waals surface area contributed by atoms with Crippen molar-refractivity contribution in [3.8, 4) is 0 Å². The molecule has 0 saturated carbocycles. The molecular formula is C15H14O3S. The van der Waals surface area contributed by atoms with Gasteiger partial charge in [-0.25, -0.2) is 0 Å². The van der Waals surface area contributed by atoms with E-state index in [9.17, 15) is 9.59 Å². The van der Waals surface area contributed by atoms with Crippen LogP contribution in [-0.2, 0) is 4.79 Å². The van der Waals surface area contributed by atoms with E-state index in [1.54, 1.807) is 30.3 Å². The number of ketones is 1. The topological polar surface area (TPSA) is 54.4 Å². The normalized spacial score (nSPS) is 12.1. The standard InChI is InChI=1S/C15H14O3S/c1-2-12(15(17)18)10-5-7-11(8-6-10)14(16)13-4-3-9-19-13/h3-9,12H,2H2,1H3,(H,17,18). The van der Waals surface area contributed by atoms with Crippen molar-refractivity contribution in [2.24, 2.45) is 0 Å². The SMILES string of the molecule is CCC(C(=O)O)c1ccc(C(=O)c2cccs2)cc1. The Morgan fingerprint density at radius 1 is 1.21 bits per heavy atom. The minimum atomic E-state index is -0.833. The van der Waals surface area contributed by atoms with Crippen molar-refractivity contribution in [2.45, 2.75) is 19.3 Å². The Balaban J connectivity index is 2.23. The fourth-order valence-corrected chi connectivity index (χ4v) is 2.66. The fourth-order valence-electron chi connectivity index (χ4n) is 1.97. The lowest BCUT2D eigenvalue weighted by Gasteiger charge is -2.10. The number of carboxylic acids is 1. The highest BCUT2D eigenvalue weighted by Gasteiger charge is 2.18. The molecular weight excluding hydrogens is 260 g/mol. The number of hydrogen-bond donors (Lipinski definition) is 1. The van der Waals surface area contributed by atoms with E-state index in [-0.39, 0.29) is 5.78 Å². The van der Waals surface area contributed by atoms with Crippen molar-refractivity contribution in [1.82, 2.24) is 0 Å². The molecule has 0 aliphatic carbocycles. The molecule has 0 spiro atoms. The van der Waals surface area contributed by atoms with Gasteiger partial charge in [-0.05, 0) is 23.4 Å². The van der Waals surface area contributed by atoms with Gasteiger partial charge in [-0.2, -0.15) is 0 Å². The van der Waals surface area contributed by atoms with Crippen LogP contribution >= 0.6 is 11.3 Å². The highest BCUT2D eigenvalue weighted by molar-refractivity contribution is 7.12. The van der Waals surface area contributed by atoms with Crippen LogP contribution in [0.5, 0.6) is 0 Å². The molecule has 1 heterocycles. The maximum absolute atomic E-state index is 12.1. The lowest BCUT2D eigenvalue weighted by Crippen LogP contribution is -2.10. The quantitative estimate of drug-likeness (QED) is 0.848. The molecule has 1 atom stereocenters. The molecule has 1 aromatic carbocycles. The van der Waals surface area contributed by atoms with E-state index in [4.69, 9.17) is 5.11 Å². The second kappa shape index (κ2) is 5.80. The van der Waals surface area contributed by atoms with Gasteiger partial charge >= 0.3 is 5.97 Å². The average molecular weight is 274 g/mol. The average Bonchev–Trinajstić information content (AvgIpc) is 2.93. The number of aliphatic carboxylic acids is 1. The molecule has 3 nitrogen and oxygen atoms in total. The summed E-state index contributed by atoms with van der Waals surface area (Å²) in [6, 6.07) is 10.5. The molecule has 0 bridgehead atoms. The summed E-state index contributed by atoms with van der Waals surface area (Å²) in [6.45, 7) is 1.84. The summed E-state index contributed by atoms with van der Waals surface area (Å²) >= 11 is 1.40. The molecule has 2 aromatic rings. The molecule has 4 heteroatoms. The summed E-state index contributed by atoms with van der Waals surface area (Å²) in [7, 11) is 0. The first-order valence-corrected chi connectivity index (χ1v) is 6.92. The highest BCUT2D eigenvalue weighted by atomic mass is 32.1. The van der Waals surface area contributed by atoms with Crippen LogP contribution in [0, 0.1) is 0 Å². The molecule has 0 saturated heterocycles. The highest BCUT2D eigenvalue weighted by Crippen LogP contribution is 2.22. The number of carbonyl (C=O) groups is 2. The lowest BCUT2D eigenvalue weighted by molar-refractivity contribution is -0.138. The Labute approximate surface area is 115 Å². The zero-order valence-corrected chi connectivity index (χ0v) is 11.3. The van der Waals surface area contributed by atoms with Crippen molar-refractivity contribution in [3.63, 3.8) is 0 Å². The minimum absolute atomic E-state index is 0.0232. The smallest absolute Gasteiger partial charge is 0.310 e. The first-order chi connectivity index (χ1) is 9.13. The zero-order valence-electron chi connectivity index (χ0n) is 10.5. The Morgan fingerprint density at radius 2 is 1.89 bits per heavy atom. The molecule has 1 N–H and O–H groups in total. The molecule has 0 radical (unpaired) electrons. The number of carboxylic acid groups (broad SMARTS) is 1. The molecule has 98 valence electrons. The molecule has 1 unspecified atom stereocenters. The summed E-state index contributed by atoms with van der Waals surface area (Å²) in [6.07, 6.45) is 0.535. The summed E-state index contributed by atoms with van der Waals surface area (Å²) in [5.41, 5.74) is 1.32. The van der Waals surface area contributed by atoms with E-state index >= 15 is 0 Å². The maximum Gasteiger partial charge on any atom is 0.310 e. The van der Waals surface area contributed by atoms with Crippen LogP contribution in [0.1, 0.15) is 40.1 Å². The zero-order chi connectivity index (χ0) is 13.8. The van der Waals surface area contributed by atoms with E-state index in [0.717, 1.165) is 5.56 Å². The maximum atomic E-state index is 12.1. The molecule has 0 fully saturated rings. The first-order valence-electron chi connectivity index (χ1n) is 6.04. The van der Waals surface area contributed by atoms with E-state index in [2.05, 4.69) is 0 Å². The van der Waals surface area contributed by atoms with Gasteiger partial charge < -0.3 is 5.11 Å². The van der Waals surface area contributed by atoms with Crippen molar-refractivity contribution < 1.29 is 14.7 Å². The van der Waals surface area contributed by atoms with Crippen LogP contribution < -0.4 is 0 Å². The van der Waals surface area contributed by atoms with Crippen molar-refractivity contribution >= 4 is 23.1 Å². The molecule has 0 aliphatic rings. The molecule has 2 rings (SSSR count). The monoisotopic (exact) mass is 274 g/mol. The first kappa shape index (κ1) is 13.5. The van der Waals surface area contributed by atoms with Crippen molar-refractivity contribution in [3.05, 3.63) is 57.8 Å². The Morgan fingerprint density at radius 3 is 2.37 bits per heavy atom. The van der Waals surface area contributed by atoms with Crippen LogP contribution in [0.25, 0.3) is 0 Å². The van der Waals surface area contributed by atoms with Crippen molar-refractivity contribution in [1.29, 1.82) is 0 Å².